The molecule has 114 valence electrons. The van der Waals surface area contributed by atoms with Crippen molar-refractivity contribution in [1.82, 2.24) is 10.3 Å². The van der Waals surface area contributed by atoms with Crippen molar-refractivity contribution in [2.24, 2.45) is 5.41 Å². The lowest BCUT2D eigenvalue weighted by Gasteiger charge is -2.22. The average molecular weight is 295 g/mol. The van der Waals surface area contributed by atoms with Gasteiger partial charge in [-0.15, -0.1) is 11.3 Å². The fraction of sp³-hybridized carbons (Fsp3) is 0.812. The Balaban J connectivity index is 2.03. The van der Waals surface area contributed by atoms with Gasteiger partial charge >= 0.3 is 0 Å². The summed E-state index contributed by atoms with van der Waals surface area (Å²) in [4.78, 5) is 8.68. The van der Waals surface area contributed by atoms with Crippen molar-refractivity contribution in [1.29, 1.82) is 0 Å². The minimum Gasteiger partial charge on any atom is -0.348 e. The predicted molar refractivity (Wildman–Crippen MR) is 88.7 cm³/mol. The molecular formula is C16H29N3S. The molecule has 1 N–H and O–H groups in total. The molecule has 0 radical (unpaired) electrons. The van der Waals surface area contributed by atoms with E-state index < -0.39 is 0 Å². The van der Waals surface area contributed by atoms with Gasteiger partial charge in [0.25, 0.3) is 0 Å². The fourth-order valence-electron chi connectivity index (χ4n) is 2.62. The summed E-state index contributed by atoms with van der Waals surface area (Å²) in [5.41, 5.74) is 1.69. The van der Waals surface area contributed by atoms with Crippen molar-refractivity contribution in [3.63, 3.8) is 0 Å². The van der Waals surface area contributed by atoms with Gasteiger partial charge in [0.15, 0.2) is 5.13 Å². The first kappa shape index (κ1) is 15.8. The zero-order valence-corrected chi connectivity index (χ0v) is 14.4. The maximum Gasteiger partial charge on any atom is 0.185 e. The van der Waals surface area contributed by atoms with Crippen molar-refractivity contribution >= 4 is 16.5 Å². The molecule has 0 unspecified atom stereocenters. The Labute approximate surface area is 127 Å². The molecule has 1 aliphatic rings. The van der Waals surface area contributed by atoms with Gasteiger partial charge in [0, 0.05) is 30.6 Å². The summed E-state index contributed by atoms with van der Waals surface area (Å²) in [6.45, 7) is 14.6. The minimum absolute atomic E-state index is 0.489. The van der Waals surface area contributed by atoms with E-state index in [4.69, 9.17) is 4.98 Å². The number of nitrogens with zero attached hydrogens (tertiary/aromatic N) is 2. The average Bonchev–Trinajstić information content (AvgIpc) is 2.61. The summed E-state index contributed by atoms with van der Waals surface area (Å²) in [5, 5.41) is 4.72. The highest BCUT2D eigenvalue weighted by molar-refractivity contribution is 7.15. The lowest BCUT2D eigenvalue weighted by Crippen LogP contribution is -2.24. The molecule has 2 heterocycles. The van der Waals surface area contributed by atoms with Gasteiger partial charge in [0.05, 0.1) is 5.69 Å². The van der Waals surface area contributed by atoms with E-state index in [0.29, 0.717) is 11.5 Å². The summed E-state index contributed by atoms with van der Waals surface area (Å²) < 4.78 is 0. The summed E-state index contributed by atoms with van der Waals surface area (Å²) in [5.74, 6) is 0. The quantitative estimate of drug-likeness (QED) is 0.911. The second-order valence-electron chi connectivity index (χ2n) is 7.05. The summed E-state index contributed by atoms with van der Waals surface area (Å²) in [6.07, 6.45) is 3.88. The zero-order chi connectivity index (χ0) is 14.8. The minimum atomic E-state index is 0.489. The van der Waals surface area contributed by atoms with Gasteiger partial charge in [0.2, 0.25) is 0 Å². The molecule has 1 saturated heterocycles. The largest absolute Gasteiger partial charge is 0.348 e. The summed E-state index contributed by atoms with van der Waals surface area (Å²) >= 11 is 1.87. The van der Waals surface area contributed by atoms with Gasteiger partial charge in [-0.1, -0.05) is 27.7 Å². The molecule has 0 saturated carbocycles. The van der Waals surface area contributed by atoms with Crippen LogP contribution in [0.2, 0.25) is 0 Å². The number of aryl methyl sites for hydroxylation is 1. The molecule has 1 aliphatic heterocycles. The van der Waals surface area contributed by atoms with Crippen molar-refractivity contribution in [3.8, 4) is 0 Å². The smallest absolute Gasteiger partial charge is 0.185 e. The van der Waals surface area contributed by atoms with Crippen LogP contribution in [-0.4, -0.2) is 24.1 Å². The fourth-order valence-corrected chi connectivity index (χ4v) is 3.69. The number of hydrogen-bond acceptors (Lipinski definition) is 4. The Hall–Kier alpha value is -0.610. The number of hydrogen-bond donors (Lipinski definition) is 1. The monoisotopic (exact) mass is 295 g/mol. The van der Waals surface area contributed by atoms with Gasteiger partial charge in [-0.05, 0) is 31.6 Å². The number of aromatic nitrogens is 1. The number of nitrogens with one attached hydrogen (secondary N) is 1. The number of anilines is 1. The molecule has 0 bridgehead atoms. The molecule has 0 amide bonds. The van der Waals surface area contributed by atoms with E-state index in [2.05, 4.69) is 44.8 Å². The van der Waals surface area contributed by atoms with Crippen molar-refractivity contribution in [2.45, 2.75) is 66.5 Å². The molecule has 20 heavy (non-hydrogen) atoms. The van der Waals surface area contributed by atoms with E-state index in [0.717, 1.165) is 19.6 Å². The topological polar surface area (TPSA) is 28.2 Å². The Morgan fingerprint density at radius 2 is 2.05 bits per heavy atom. The maximum atomic E-state index is 4.81. The van der Waals surface area contributed by atoms with Crippen LogP contribution in [0.15, 0.2) is 0 Å². The van der Waals surface area contributed by atoms with Gasteiger partial charge in [0.1, 0.15) is 0 Å². The van der Waals surface area contributed by atoms with Crippen LogP contribution in [0.4, 0.5) is 5.13 Å². The van der Waals surface area contributed by atoms with Crippen LogP contribution in [0.25, 0.3) is 0 Å². The second-order valence-corrected chi connectivity index (χ2v) is 8.11. The lowest BCUT2D eigenvalue weighted by molar-refractivity contribution is 0.325. The van der Waals surface area contributed by atoms with Gasteiger partial charge in [-0.2, -0.15) is 0 Å². The first-order valence-electron chi connectivity index (χ1n) is 7.82. The molecule has 1 aromatic rings. The van der Waals surface area contributed by atoms with Crippen LogP contribution >= 0.6 is 11.3 Å². The third kappa shape index (κ3) is 4.19. The van der Waals surface area contributed by atoms with Crippen LogP contribution in [0, 0.1) is 12.3 Å². The molecule has 2 rings (SSSR count). The molecule has 0 aromatic carbocycles. The highest BCUT2D eigenvalue weighted by atomic mass is 32.1. The Kier molecular flexibility index (Phi) is 5.08. The van der Waals surface area contributed by atoms with Gasteiger partial charge < -0.3 is 10.2 Å². The zero-order valence-electron chi connectivity index (χ0n) is 13.6. The molecular weight excluding hydrogens is 266 g/mol. The number of thiazole rings is 1. The molecule has 0 spiro atoms. The van der Waals surface area contributed by atoms with Crippen LogP contribution < -0.4 is 10.2 Å². The van der Waals surface area contributed by atoms with Crippen LogP contribution in [0.1, 0.15) is 57.5 Å². The Morgan fingerprint density at radius 3 is 2.75 bits per heavy atom. The van der Waals surface area contributed by atoms with Crippen molar-refractivity contribution in [2.75, 3.05) is 18.0 Å². The normalized spacial score (nSPS) is 19.4. The van der Waals surface area contributed by atoms with Gasteiger partial charge in [-0.3, -0.25) is 0 Å². The second kappa shape index (κ2) is 6.44. The predicted octanol–water partition coefficient (Wildman–Crippen LogP) is 3.97. The molecule has 0 aliphatic carbocycles. The first-order valence-corrected chi connectivity index (χ1v) is 8.64. The standard InChI is InChI=1S/C16H29N3S/c1-12(2)17-11-14-13(3)18-15(20-14)19-9-6-7-16(4,5)8-10-19/h12,17H,6-11H2,1-5H3. The van der Waals surface area contributed by atoms with Crippen LogP contribution in [-0.2, 0) is 6.54 Å². The molecule has 1 aromatic heterocycles. The maximum absolute atomic E-state index is 4.81. The van der Waals surface area contributed by atoms with E-state index in [9.17, 15) is 0 Å². The van der Waals surface area contributed by atoms with Crippen molar-refractivity contribution in [3.05, 3.63) is 10.6 Å². The van der Waals surface area contributed by atoms with E-state index in [1.807, 2.05) is 11.3 Å². The molecule has 0 atom stereocenters. The number of rotatable bonds is 4. The summed E-state index contributed by atoms with van der Waals surface area (Å²) in [6, 6.07) is 0.527. The van der Waals surface area contributed by atoms with Crippen molar-refractivity contribution < 1.29 is 0 Å². The first-order chi connectivity index (χ1) is 9.37. The van der Waals surface area contributed by atoms with Crippen LogP contribution in [0.3, 0.4) is 0 Å². The van der Waals surface area contributed by atoms with E-state index in [-0.39, 0.29) is 0 Å². The Morgan fingerprint density at radius 1 is 1.30 bits per heavy atom. The lowest BCUT2D eigenvalue weighted by atomic mass is 9.85. The van der Waals surface area contributed by atoms with E-state index in [1.54, 1.807) is 0 Å². The Bertz CT molecular complexity index is 437. The molecule has 1 fully saturated rings. The van der Waals surface area contributed by atoms with E-state index >= 15 is 0 Å². The third-order valence-electron chi connectivity index (χ3n) is 4.16. The molecule has 4 heteroatoms. The van der Waals surface area contributed by atoms with Crippen LogP contribution in [0.5, 0.6) is 0 Å². The highest BCUT2D eigenvalue weighted by Crippen LogP contribution is 2.33. The summed E-state index contributed by atoms with van der Waals surface area (Å²) in [7, 11) is 0. The van der Waals surface area contributed by atoms with Gasteiger partial charge in [-0.25, -0.2) is 4.98 Å². The molecule has 3 nitrogen and oxygen atoms in total. The third-order valence-corrected chi connectivity index (χ3v) is 5.38. The SMILES string of the molecule is Cc1nc(N2CCCC(C)(C)CC2)sc1CNC(C)C. The highest BCUT2D eigenvalue weighted by Gasteiger charge is 2.24. The van der Waals surface area contributed by atoms with E-state index in [1.165, 1.54) is 35.0 Å².